The summed E-state index contributed by atoms with van der Waals surface area (Å²) in [5.41, 5.74) is 10.5. The average Bonchev–Trinajstić information content (AvgIpc) is 3.48. The molecule has 0 aliphatic carbocycles. The van der Waals surface area contributed by atoms with E-state index in [1.165, 1.54) is 0 Å². The summed E-state index contributed by atoms with van der Waals surface area (Å²) in [6, 6.07) is 5.69. The number of aryl methyl sites for hydroxylation is 1. The fourth-order valence-electron chi connectivity index (χ4n) is 3.74. The number of fused-ring (bicyclic) bond motifs is 1. The van der Waals surface area contributed by atoms with Crippen LogP contribution < -0.4 is 11.1 Å². The van der Waals surface area contributed by atoms with Crippen LogP contribution in [-0.2, 0) is 4.79 Å². The SMILES string of the molecule is Cc1cc2oc(-c3cc(-c4cnn(C5CCNCC5)c4)cnc3N)nc2cc1O.O=C(O)C(F)(F)F. The van der Waals surface area contributed by atoms with E-state index in [0.29, 0.717) is 34.4 Å². The summed E-state index contributed by atoms with van der Waals surface area (Å²) >= 11 is 0. The molecule has 0 amide bonds. The fraction of sp³-hybridized carbons (Fsp3) is 0.304. The van der Waals surface area contributed by atoms with E-state index in [4.69, 9.17) is 20.1 Å². The number of halogens is 3. The van der Waals surface area contributed by atoms with Gasteiger partial charge in [0.15, 0.2) is 5.58 Å². The van der Waals surface area contributed by atoms with E-state index in [-0.39, 0.29) is 5.75 Å². The molecule has 36 heavy (non-hydrogen) atoms. The number of nitrogens with zero attached hydrogens (tertiary/aromatic N) is 4. The van der Waals surface area contributed by atoms with Gasteiger partial charge in [-0.15, -0.1) is 0 Å². The normalized spacial score (nSPS) is 14.4. The van der Waals surface area contributed by atoms with Crippen molar-refractivity contribution in [1.82, 2.24) is 25.1 Å². The summed E-state index contributed by atoms with van der Waals surface area (Å²) in [4.78, 5) is 17.7. The number of aromatic hydroxyl groups is 1. The van der Waals surface area contributed by atoms with Crippen molar-refractivity contribution in [3.05, 3.63) is 42.4 Å². The van der Waals surface area contributed by atoms with Gasteiger partial charge in [-0.25, -0.2) is 14.8 Å². The molecule has 1 fully saturated rings. The molecule has 13 heteroatoms. The maximum absolute atomic E-state index is 10.6. The van der Waals surface area contributed by atoms with Crippen LogP contribution in [0, 0.1) is 6.92 Å². The first-order valence-electron chi connectivity index (χ1n) is 10.9. The van der Waals surface area contributed by atoms with Gasteiger partial charge in [-0.2, -0.15) is 18.3 Å². The predicted octanol–water partition coefficient (Wildman–Crippen LogP) is 3.91. The number of hydrogen-bond acceptors (Lipinski definition) is 8. The van der Waals surface area contributed by atoms with Crippen molar-refractivity contribution in [3.63, 3.8) is 0 Å². The van der Waals surface area contributed by atoms with Gasteiger partial charge in [0.1, 0.15) is 17.1 Å². The molecular formula is C23H23F3N6O4. The Labute approximate surface area is 202 Å². The lowest BCUT2D eigenvalue weighted by Crippen LogP contribution is -2.29. The Morgan fingerprint density at radius 3 is 2.56 bits per heavy atom. The Balaban J connectivity index is 0.000000384. The lowest BCUT2D eigenvalue weighted by Gasteiger charge is -2.22. The molecule has 190 valence electrons. The molecule has 1 aliphatic heterocycles. The van der Waals surface area contributed by atoms with Crippen LogP contribution in [0.25, 0.3) is 33.7 Å². The number of nitrogens with two attached hydrogens (primary N) is 1. The van der Waals surface area contributed by atoms with Crippen LogP contribution in [0.1, 0.15) is 24.4 Å². The summed E-state index contributed by atoms with van der Waals surface area (Å²) in [5, 5.41) is 25.0. The minimum Gasteiger partial charge on any atom is -0.508 e. The van der Waals surface area contributed by atoms with Crippen LogP contribution in [-0.4, -0.2) is 55.2 Å². The van der Waals surface area contributed by atoms with Gasteiger partial charge in [0, 0.05) is 29.6 Å². The molecule has 1 aliphatic rings. The molecule has 4 heterocycles. The van der Waals surface area contributed by atoms with Gasteiger partial charge in [-0.05, 0) is 50.6 Å². The highest BCUT2D eigenvalue weighted by atomic mass is 19.4. The van der Waals surface area contributed by atoms with E-state index in [9.17, 15) is 18.3 Å². The Kier molecular flexibility index (Phi) is 6.84. The van der Waals surface area contributed by atoms with Crippen molar-refractivity contribution < 1.29 is 32.6 Å². The van der Waals surface area contributed by atoms with Crippen molar-refractivity contribution >= 4 is 22.9 Å². The van der Waals surface area contributed by atoms with Crippen molar-refractivity contribution in [1.29, 1.82) is 0 Å². The minimum atomic E-state index is -5.08. The van der Waals surface area contributed by atoms with Crippen LogP contribution in [0.3, 0.4) is 0 Å². The molecule has 1 aromatic carbocycles. The second-order valence-corrected chi connectivity index (χ2v) is 8.28. The highest BCUT2D eigenvalue weighted by Gasteiger charge is 2.38. The number of piperidine rings is 1. The van der Waals surface area contributed by atoms with E-state index < -0.39 is 12.1 Å². The van der Waals surface area contributed by atoms with Crippen LogP contribution in [0.4, 0.5) is 19.0 Å². The van der Waals surface area contributed by atoms with Gasteiger partial charge < -0.3 is 25.7 Å². The van der Waals surface area contributed by atoms with Gasteiger partial charge in [0.25, 0.3) is 0 Å². The highest BCUT2D eigenvalue weighted by Crippen LogP contribution is 2.33. The predicted molar refractivity (Wildman–Crippen MR) is 124 cm³/mol. The first kappa shape index (κ1) is 25.0. The molecule has 0 unspecified atom stereocenters. The van der Waals surface area contributed by atoms with Gasteiger partial charge >= 0.3 is 12.1 Å². The zero-order valence-electron chi connectivity index (χ0n) is 19.1. The molecule has 3 aromatic heterocycles. The summed E-state index contributed by atoms with van der Waals surface area (Å²) in [7, 11) is 0. The highest BCUT2D eigenvalue weighted by molar-refractivity contribution is 5.82. The lowest BCUT2D eigenvalue weighted by molar-refractivity contribution is -0.192. The summed E-state index contributed by atoms with van der Waals surface area (Å²) in [6.45, 7) is 3.84. The molecule has 0 spiro atoms. The number of carboxylic acid groups (broad SMARTS) is 1. The largest absolute Gasteiger partial charge is 0.508 e. The number of anilines is 1. The first-order valence-corrected chi connectivity index (χ1v) is 10.9. The Hall–Kier alpha value is -4.13. The third-order valence-electron chi connectivity index (χ3n) is 5.72. The second kappa shape index (κ2) is 9.85. The van der Waals surface area contributed by atoms with Crippen molar-refractivity contribution in [2.24, 2.45) is 0 Å². The molecule has 0 atom stereocenters. The fourth-order valence-corrected chi connectivity index (χ4v) is 3.74. The Morgan fingerprint density at radius 2 is 1.89 bits per heavy atom. The zero-order valence-corrected chi connectivity index (χ0v) is 19.1. The van der Waals surface area contributed by atoms with E-state index in [1.54, 1.807) is 18.3 Å². The summed E-state index contributed by atoms with van der Waals surface area (Å²) < 4.78 is 39.7. The number of hydrogen-bond donors (Lipinski definition) is 4. The minimum absolute atomic E-state index is 0.183. The topological polar surface area (TPSA) is 152 Å². The number of carboxylic acids is 1. The number of alkyl halides is 3. The molecule has 0 radical (unpaired) electrons. The van der Waals surface area contributed by atoms with E-state index in [1.807, 2.05) is 23.9 Å². The summed E-state index contributed by atoms with van der Waals surface area (Å²) in [6.07, 6.45) is 2.71. The summed E-state index contributed by atoms with van der Waals surface area (Å²) in [5.74, 6) is -1.86. The number of pyridine rings is 1. The maximum atomic E-state index is 10.6. The molecule has 5 N–H and O–H groups in total. The van der Waals surface area contributed by atoms with Gasteiger partial charge in [-0.1, -0.05) is 0 Å². The van der Waals surface area contributed by atoms with Crippen LogP contribution in [0.15, 0.2) is 41.2 Å². The van der Waals surface area contributed by atoms with Gasteiger partial charge in [-0.3, -0.25) is 4.68 Å². The third-order valence-corrected chi connectivity index (χ3v) is 5.72. The molecule has 0 saturated carbocycles. The molecule has 10 nitrogen and oxygen atoms in total. The number of phenolic OH excluding ortho intramolecular Hbond substituents is 1. The third kappa shape index (κ3) is 5.40. The molecule has 4 aromatic rings. The van der Waals surface area contributed by atoms with Gasteiger partial charge in [0.2, 0.25) is 5.89 Å². The van der Waals surface area contributed by atoms with Crippen LogP contribution in [0.2, 0.25) is 0 Å². The van der Waals surface area contributed by atoms with Crippen molar-refractivity contribution in [2.45, 2.75) is 32.0 Å². The van der Waals surface area contributed by atoms with Crippen LogP contribution >= 0.6 is 0 Å². The number of nitrogen functional groups attached to an aromatic ring is 1. The maximum Gasteiger partial charge on any atom is 0.490 e. The number of rotatable bonds is 3. The number of aliphatic carboxylic acids is 1. The molecule has 1 saturated heterocycles. The number of aromatic nitrogens is 4. The second-order valence-electron chi connectivity index (χ2n) is 8.28. The monoisotopic (exact) mass is 504 g/mol. The number of carbonyl (C=O) groups is 1. The average molecular weight is 504 g/mol. The van der Waals surface area contributed by atoms with Crippen molar-refractivity contribution in [2.75, 3.05) is 18.8 Å². The molecular weight excluding hydrogens is 481 g/mol. The number of oxazole rings is 1. The first-order chi connectivity index (χ1) is 17.0. The van der Waals surface area contributed by atoms with E-state index >= 15 is 0 Å². The number of phenols is 1. The van der Waals surface area contributed by atoms with E-state index in [0.717, 1.165) is 42.6 Å². The number of nitrogens with one attached hydrogen (secondary N) is 1. The van der Waals surface area contributed by atoms with Crippen LogP contribution in [0.5, 0.6) is 5.75 Å². The Bertz CT molecular complexity index is 1350. The quantitative estimate of drug-likeness (QED) is 0.325. The Morgan fingerprint density at radius 1 is 1.19 bits per heavy atom. The molecule has 0 bridgehead atoms. The zero-order chi connectivity index (χ0) is 26.0. The molecule has 5 rings (SSSR count). The van der Waals surface area contributed by atoms with E-state index in [2.05, 4.69) is 26.6 Å². The van der Waals surface area contributed by atoms with Crippen molar-refractivity contribution in [3.8, 4) is 28.3 Å². The smallest absolute Gasteiger partial charge is 0.490 e. The number of benzene rings is 1. The standard InChI is InChI=1S/C21H22N6O2.C2HF3O2/c1-12-6-19-17(8-18(12)28)26-21(29-19)16-7-13(9-24-20(16)22)14-10-25-27(11-14)15-2-4-23-5-3-15;3-2(4,5)1(6)7/h6-11,15,23,28H,2-5H2,1H3,(H2,22,24);(H,6,7). The van der Waals surface area contributed by atoms with Gasteiger partial charge in [0.05, 0.1) is 17.8 Å². The lowest BCUT2D eigenvalue weighted by atomic mass is 10.1.